The molecular weight excluding hydrogens is 419 g/mol. The van der Waals surface area contributed by atoms with E-state index in [0.717, 1.165) is 27.1 Å². The summed E-state index contributed by atoms with van der Waals surface area (Å²) in [4.78, 5) is 38.7. The third-order valence-corrected chi connectivity index (χ3v) is 5.58. The molecule has 2 saturated heterocycles. The zero-order valence-electron chi connectivity index (χ0n) is 13.8. The molecule has 138 valence electrons. The Morgan fingerprint density at radius 1 is 1.00 bits per heavy atom. The fourth-order valence-corrected chi connectivity index (χ4v) is 4.12. The van der Waals surface area contributed by atoms with Crippen molar-refractivity contribution in [3.05, 3.63) is 64.4 Å². The maximum atomic E-state index is 13.2. The monoisotopic (exact) mass is 432 g/mol. The fourth-order valence-electron chi connectivity index (χ4n) is 3.86. The van der Waals surface area contributed by atoms with Gasteiger partial charge >= 0.3 is 5.97 Å². The molecule has 2 aromatic rings. The van der Waals surface area contributed by atoms with Gasteiger partial charge in [-0.2, -0.15) is 0 Å². The number of hydrogen-bond donors (Lipinski definition) is 2. The molecule has 2 N–H and O–H groups in total. The predicted octanol–water partition coefficient (Wildman–Crippen LogP) is 2.49. The highest BCUT2D eigenvalue weighted by atomic mass is 79.9. The highest BCUT2D eigenvalue weighted by Crippen LogP contribution is 2.45. The zero-order valence-corrected chi connectivity index (χ0v) is 15.4. The number of carboxylic acid groups (broad SMARTS) is 1. The number of carbonyl (C=O) groups excluding carboxylic acids is 2. The van der Waals surface area contributed by atoms with Gasteiger partial charge in [0.2, 0.25) is 11.8 Å². The average molecular weight is 433 g/mol. The van der Waals surface area contributed by atoms with Gasteiger partial charge in [0, 0.05) is 10.5 Å². The first-order chi connectivity index (χ1) is 12.9. The number of imide groups is 1. The molecule has 27 heavy (non-hydrogen) atoms. The molecule has 4 atom stereocenters. The molecule has 2 aliphatic heterocycles. The number of carbonyl (C=O) groups is 3. The van der Waals surface area contributed by atoms with Gasteiger partial charge in [0.1, 0.15) is 11.9 Å². The van der Waals surface area contributed by atoms with E-state index in [2.05, 4.69) is 21.2 Å². The number of carboxylic acids is 1. The molecule has 0 saturated carbocycles. The molecule has 2 heterocycles. The van der Waals surface area contributed by atoms with Gasteiger partial charge in [0.15, 0.2) is 0 Å². The molecule has 2 aliphatic rings. The largest absolute Gasteiger partial charge is 0.480 e. The Morgan fingerprint density at radius 3 is 2.19 bits per heavy atom. The van der Waals surface area contributed by atoms with Crippen molar-refractivity contribution in [2.75, 3.05) is 4.90 Å². The van der Waals surface area contributed by atoms with Gasteiger partial charge in [-0.1, -0.05) is 28.1 Å². The number of anilines is 1. The summed E-state index contributed by atoms with van der Waals surface area (Å²) in [5.41, 5.74) is 0.957. The summed E-state index contributed by atoms with van der Waals surface area (Å²) >= 11 is 3.34. The van der Waals surface area contributed by atoms with Crippen molar-refractivity contribution in [1.29, 1.82) is 0 Å². The smallest absolute Gasteiger partial charge is 0.321 e. The molecule has 2 amide bonds. The number of halogens is 2. The minimum atomic E-state index is -1.19. The van der Waals surface area contributed by atoms with E-state index >= 15 is 0 Å². The normalized spacial score (nSPS) is 27.1. The lowest BCUT2D eigenvalue weighted by atomic mass is 9.86. The Labute approximate surface area is 162 Å². The Bertz CT molecular complexity index is 932. The molecule has 0 aliphatic carbocycles. The van der Waals surface area contributed by atoms with Gasteiger partial charge in [0.25, 0.3) is 0 Å². The van der Waals surface area contributed by atoms with Crippen molar-refractivity contribution in [2.45, 2.75) is 12.1 Å². The van der Waals surface area contributed by atoms with Crippen molar-refractivity contribution in [3.63, 3.8) is 0 Å². The van der Waals surface area contributed by atoms with Crippen LogP contribution in [0.25, 0.3) is 0 Å². The van der Waals surface area contributed by atoms with E-state index in [1.807, 2.05) is 0 Å². The van der Waals surface area contributed by atoms with E-state index in [1.165, 1.54) is 12.1 Å². The van der Waals surface area contributed by atoms with Gasteiger partial charge in [-0.05, 0) is 42.0 Å². The molecule has 0 aromatic heterocycles. The van der Waals surface area contributed by atoms with E-state index < -0.39 is 47.5 Å². The molecule has 6 nitrogen and oxygen atoms in total. The maximum Gasteiger partial charge on any atom is 0.321 e. The first-order valence-corrected chi connectivity index (χ1v) is 9.05. The van der Waals surface area contributed by atoms with E-state index in [9.17, 15) is 23.9 Å². The summed E-state index contributed by atoms with van der Waals surface area (Å²) in [5, 5.41) is 12.5. The van der Waals surface area contributed by atoms with Crippen molar-refractivity contribution in [2.24, 2.45) is 11.8 Å². The number of aliphatic carboxylic acids is 1. The first kappa shape index (κ1) is 17.8. The van der Waals surface area contributed by atoms with Crippen molar-refractivity contribution in [1.82, 2.24) is 5.32 Å². The Balaban J connectivity index is 1.76. The number of benzene rings is 2. The highest BCUT2D eigenvalue weighted by molar-refractivity contribution is 9.10. The number of fused-ring (bicyclic) bond motifs is 1. The molecule has 0 bridgehead atoms. The summed E-state index contributed by atoms with van der Waals surface area (Å²) in [6, 6.07) is 10.3. The van der Waals surface area contributed by atoms with Gasteiger partial charge < -0.3 is 5.11 Å². The lowest BCUT2D eigenvalue weighted by Crippen LogP contribution is -2.43. The van der Waals surface area contributed by atoms with Crippen LogP contribution in [0.3, 0.4) is 0 Å². The Morgan fingerprint density at radius 2 is 1.59 bits per heavy atom. The Hall–Kier alpha value is -2.58. The first-order valence-electron chi connectivity index (χ1n) is 8.26. The van der Waals surface area contributed by atoms with Crippen molar-refractivity contribution < 1.29 is 23.9 Å². The molecule has 4 rings (SSSR count). The second-order valence-electron chi connectivity index (χ2n) is 6.55. The standard InChI is InChI=1S/C19H14BrFN2O4/c20-10-3-1-9(2-4-10)15-13-14(16(22-15)19(26)27)18(25)23(17(13)24)12-7-5-11(21)6-8-12/h1-8,13-16,22H,(H,26,27)/t13-,14-,15+,16+/m0/s1. The second kappa shape index (κ2) is 6.54. The molecule has 0 spiro atoms. The SMILES string of the molecule is O=C(O)[C@@H]1N[C@H](c2ccc(Br)cc2)[C@H]2C(=O)N(c3ccc(F)cc3)C(=O)[C@@H]21. The van der Waals surface area contributed by atoms with Crippen LogP contribution in [0, 0.1) is 17.7 Å². The highest BCUT2D eigenvalue weighted by Gasteiger charge is 2.61. The van der Waals surface area contributed by atoms with Crippen LogP contribution in [0.2, 0.25) is 0 Å². The zero-order chi connectivity index (χ0) is 19.3. The number of nitrogens with zero attached hydrogens (tertiary/aromatic N) is 1. The number of amides is 2. The topological polar surface area (TPSA) is 86.7 Å². The van der Waals surface area contributed by atoms with Crippen LogP contribution in [0.4, 0.5) is 10.1 Å². The van der Waals surface area contributed by atoms with Crippen molar-refractivity contribution >= 4 is 39.4 Å². The summed E-state index contributed by atoms with van der Waals surface area (Å²) in [7, 11) is 0. The van der Waals surface area contributed by atoms with Gasteiger partial charge in [-0.3, -0.25) is 19.7 Å². The quantitative estimate of drug-likeness (QED) is 0.727. The molecule has 0 radical (unpaired) electrons. The average Bonchev–Trinajstić information content (AvgIpc) is 3.15. The second-order valence-corrected chi connectivity index (χ2v) is 7.47. The van der Waals surface area contributed by atoms with Crippen LogP contribution >= 0.6 is 15.9 Å². The van der Waals surface area contributed by atoms with Crippen LogP contribution in [-0.4, -0.2) is 28.9 Å². The Kier molecular flexibility index (Phi) is 4.32. The lowest BCUT2D eigenvalue weighted by molar-refractivity contribution is -0.142. The fraction of sp³-hybridized carbons (Fsp3) is 0.211. The van der Waals surface area contributed by atoms with E-state index in [1.54, 1.807) is 24.3 Å². The van der Waals surface area contributed by atoms with Crippen molar-refractivity contribution in [3.8, 4) is 0 Å². The summed E-state index contributed by atoms with van der Waals surface area (Å²) in [5.74, 6) is -4.61. The predicted molar refractivity (Wildman–Crippen MR) is 97.3 cm³/mol. The minimum absolute atomic E-state index is 0.236. The lowest BCUT2D eigenvalue weighted by Gasteiger charge is -2.21. The molecule has 0 unspecified atom stereocenters. The summed E-state index contributed by atoms with van der Waals surface area (Å²) < 4.78 is 14.0. The van der Waals surface area contributed by atoms with Crippen LogP contribution in [-0.2, 0) is 14.4 Å². The third kappa shape index (κ3) is 2.85. The van der Waals surface area contributed by atoms with E-state index in [0.29, 0.717) is 0 Å². The maximum absolute atomic E-state index is 13.2. The van der Waals surface area contributed by atoms with Crippen LogP contribution in [0.1, 0.15) is 11.6 Å². The molecular formula is C19H14BrFN2O4. The minimum Gasteiger partial charge on any atom is -0.480 e. The van der Waals surface area contributed by atoms with Crippen LogP contribution in [0.15, 0.2) is 53.0 Å². The molecule has 2 fully saturated rings. The summed E-state index contributed by atoms with van der Waals surface area (Å²) in [6.45, 7) is 0. The van der Waals surface area contributed by atoms with Gasteiger partial charge in [0.05, 0.1) is 17.5 Å². The van der Waals surface area contributed by atoms with Gasteiger partial charge in [-0.15, -0.1) is 0 Å². The summed E-state index contributed by atoms with van der Waals surface area (Å²) in [6.07, 6.45) is 0. The van der Waals surface area contributed by atoms with Gasteiger partial charge in [-0.25, -0.2) is 9.29 Å². The van der Waals surface area contributed by atoms with E-state index in [-0.39, 0.29) is 5.69 Å². The van der Waals surface area contributed by atoms with Crippen LogP contribution in [0.5, 0.6) is 0 Å². The molecule has 2 aromatic carbocycles. The third-order valence-electron chi connectivity index (χ3n) is 5.06. The molecule has 8 heteroatoms. The number of nitrogens with one attached hydrogen (secondary N) is 1. The number of rotatable bonds is 3. The van der Waals surface area contributed by atoms with E-state index in [4.69, 9.17) is 0 Å². The number of hydrogen-bond acceptors (Lipinski definition) is 4. The van der Waals surface area contributed by atoms with Crippen LogP contribution < -0.4 is 10.2 Å².